The molecule has 5 rings (SSSR count). The monoisotopic (exact) mass is 377 g/mol. The Morgan fingerprint density at radius 1 is 0.893 bits per heavy atom. The number of benzene rings is 3. The van der Waals surface area contributed by atoms with Crippen molar-refractivity contribution in [2.24, 2.45) is 0 Å². The standard InChI is InChI=1S/C24H27NO3/c1-14-8-16-18-10-22(26)24(28-3)12-20(18)21-13-25-7-5-4-6-15(25)9-17(21)19(16)11-23(14)27-2/h8,10-12,15,26H,4-7,9,13H2,1-3H3. The first-order chi connectivity index (χ1) is 13.6. The van der Waals surface area contributed by atoms with E-state index in [4.69, 9.17) is 9.47 Å². The lowest BCUT2D eigenvalue weighted by atomic mass is 9.82. The molecule has 0 spiro atoms. The lowest BCUT2D eigenvalue weighted by Gasteiger charge is -2.41. The van der Waals surface area contributed by atoms with Crippen LogP contribution in [0.4, 0.5) is 0 Å². The molecule has 3 aromatic rings. The first-order valence-corrected chi connectivity index (χ1v) is 10.2. The molecule has 0 aromatic heterocycles. The van der Waals surface area contributed by atoms with Gasteiger partial charge in [-0.1, -0.05) is 6.42 Å². The molecular formula is C24H27NO3. The zero-order valence-electron chi connectivity index (χ0n) is 16.8. The molecule has 2 aliphatic heterocycles. The molecule has 1 atom stereocenters. The molecule has 4 nitrogen and oxygen atoms in total. The topological polar surface area (TPSA) is 41.9 Å². The van der Waals surface area contributed by atoms with E-state index in [9.17, 15) is 5.11 Å². The van der Waals surface area contributed by atoms with Gasteiger partial charge in [0.05, 0.1) is 14.2 Å². The number of fused-ring (bicyclic) bond motifs is 7. The van der Waals surface area contributed by atoms with Gasteiger partial charge in [-0.25, -0.2) is 0 Å². The second-order valence-electron chi connectivity index (χ2n) is 8.22. The van der Waals surface area contributed by atoms with Crippen molar-refractivity contribution in [3.05, 3.63) is 41.0 Å². The van der Waals surface area contributed by atoms with Crippen molar-refractivity contribution in [1.29, 1.82) is 0 Å². The summed E-state index contributed by atoms with van der Waals surface area (Å²) < 4.78 is 11.1. The molecule has 28 heavy (non-hydrogen) atoms. The minimum atomic E-state index is 0.191. The fraction of sp³-hybridized carbons (Fsp3) is 0.417. The molecule has 1 saturated heterocycles. The van der Waals surface area contributed by atoms with E-state index in [0.717, 1.165) is 29.7 Å². The highest BCUT2D eigenvalue weighted by atomic mass is 16.5. The lowest BCUT2D eigenvalue weighted by Crippen LogP contribution is -2.43. The molecular weight excluding hydrogens is 350 g/mol. The Morgan fingerprint density at radius 3 is 2.39 bits per heavy atom. The molecule has 2 aliphatic rings. The van der Waals surface area contributed by atoms with E-state index < -0.39 is 0 Å². The Balaban J connectivity index is 1.88. The molecule has 1 N–H and O–H groups in total. The molecule has 1 unspecified atom stereocenters. The maximum Gasteiger partial charge on any atom is 0.161 e. The first kappa shape index (κ1) is 17.6. The third kappa shape index (κ3) is 2.55. The quantitative estimate of drug-likeness (QED) is 0.643. The highest BCUT2D eigenvalue weighted by molar-refractivity contribution is 6.12. The second kappa shape index (κ2) is 6.56. The van der Waals surface area contributed by atoms with Gasteiger partial charge >= 0.3 is 0 Å². The van der Waals surface area contributed by atoms with Crippen LogP contribution in [-0.4, -0.2) is 36.8 Å². The van der Waals surface area contributed by atoms with Gasteiger partial charge in [0, 0.05) is 12.6 Å². The Labute approximate surface area is 165 Å². The minimum Gasteiger partial charge on any atom is -0.504 e. The molecule has 3 aromatic carbocycles. The highest BCUT2D eigenvalue weighted by Gasteiger charge is 2.31. The summed E-state index contributed by atoms with van der Waals surface area (Å²) >= 11 is 0. The predicted molar refractivity (Wildman–Crippen MR) is 113 cm³/mol. The fourth-order valence-electron chi connectivity index (χ4n) is 5.26. The van der Waals surface area contributed by atoms with E-state index in [0.29, 0.717) is 11.8 Å². The molecule has 0 amide bonds. The van der Waals surface area contributed by atoms with Crippen LogP contribution in [0.1, 0.15) is 36.0 Å². The summed E-state index contributed by atoms with van der Waals surface area (Å²) in [4.78, 5) is 2.64. The Hall–Kier alpha value is -2.46. The third-order valence-electron chi connectivity index (χ3n) is 6.71. The van der Waals surface area contributed by atoms with Gasteiger partial charge in [-0.2, -0.15) is 0 Å². The number of phenolic OH excluding ortho intramolecular Hbond substituents is 1. The van der Waals surface area contributed by atoms with Crippen molar-refractivity contribution in [1.82, 2.24) is 4.90 Å². The lowest BCUT2D eigenvalue weighted by molar-refractivity contribution is 0.128. The number of hydrogen-bond donors (Lipinski definition) is 1. The van der Waals surface area contributed by atoms with Crippen molar-refractivity contribution in [2.45, 2.75) is 45.2 Å². The average molecular weight is 377 g/mol. The van der Waals surface area contributed by atoms with E-state index in [1.807, 2.05) is 12.1 Å². The molecule has 4 heteroatoms. The molecule has 146 valence electrons. The second-order valence-corrected chi connectivity index (χ2v) is 8.22. The molecule has 0 aliphatic carbocycles. The van der Waals surface area contributed by atoms with E-state index >= 15 is 0 Å². The highest BCUT2D eigenvalue weighted by Crippen LogP contribution is 2.44. The average Bonchev–Trinajstić information content (AvgIpc) is 2.72. The molecule has 1 fully saturated rings. The minimum absolute atomic E-state index is 0.191. The van der Waals surface area contributed by atoms with Crippen molar-refractivity contribution >= 4 is 21.5 Å². The van der Waals surface area contributed by atoms with E-state index in [1.54, 1.807) is 14.2 Å². The zero-order chi connectivity index (χ0) is 19.4. The van der Waals surface area contributed by atoms with E-state index in [1.165, 1.54) is 53.1 Å². The smallest absolute Gasteiger partial charge is 0.161 e. The third-order valence-corrected chi connectivity index (χ3v) is 6.71. The number of ether oxygens (including phenoxy) is 2. The van der Waals surface area contributed by atoms with Crippen LogP contribution in [0.5, 0.6) is 17.2 Å². The summed E-state index contributed by atoms with van der Waals surface area (Å²) in [6.07, 6.45) is 4.97. The molecule has 0 radical (unpaired) electrons. The number of rotatable bonds is 2. The molecule has 0 saturated carbocycles. The van der Waals surface area contributed by atoms with Crippen LogP contribution in [0.25, 0.3) is 21.5 Å². The van der Waals surface area contributed by atoms with Gasteiger partial charge in [-0.15, -0.1) is 0 Å². The molecule has 2 heterocycles. The van der Waals surface area contributed by atoms with Crippen molar-refractivity contribution in [3.8, 4) is 17.2 Å². The normalized spacial score (nSPS) is 19.5. The van der Waals surface area contributed by atoms with Gasteiger partial charge in [0.25, 0.3) is 0 Å². The fourth-order valence-corrected chi connectivity index (χ4v) is 5.26. The maximum atomic E-state index is 10.5. The van der Waals surface area contributed by atoms with Crippen LogP contribution in [-0.2, 0) is 13.0 Å². The van der Waals surface area contributed by atoms with Gasteiger partial charge in [0.1, 0.15) is 5.75 Å². The van der Waals surface area contributed by atoms with Crippen molar-refractivity contribution < 1.29 is 14.6 Å². The van der Waals surface area contributed by atoms with Crippen LogP contribution in [0.15, 0.2) is 24.3 Å². The summed E-state index contributed by atoms with van der Waals surface area (Å²) in [5.41, 5.74) is 3.93. The van der Waals surface area contributed by atoms with Crippen LogP contribution in [0.3, 0.4) is 0 Å². The van der Waals surface area contributed by atoms with Gasteiger partial charge in [0.2, 0.25) is 0 Å². The number of hydrogen-bond acceptors (Lipinski definition) is 4. The van der Waals surface area contributed by atoms with Crippen LogP contribution in [0, 0.1) is 6.92 Å². The van der Waals surface area contributed by atoms with Gasteiger partial charge in [-0.05, 0) is 95.2 Å². The number of phenols is 1. The van der Waals surface area contributed by atoms with Crippen molar-refractivity contribution in [3.63, 3.8) is 0 Å². The maximum absolute atomic E-state index is 10.5. The Morgan fingerprint density at radius 2 is 1.61 bits per heavy atom. The van der Waals surface area contributed by atoms with Crippen LogP contribution in [0.2, 0.25) is 0 Å². The summed E-state index contributed by atoms with van der Waals surface area (Å²) in [5.74, 6) is 1.66. The number of piperidine rings is 1. The SMILES string of the molecule is COc1cc2c3c(c4cc(OC)c(O)cc4c2cc1C)CN1CCCCC1C3. The first-order valence-electron chi connectivity index (χ1n) is 10.2. The number of nitrogens with zero attached hydrogens (tertiary/aromatic N) is 1. The zero-order valence-corrected chi connectivity index (χ0v) is 16.8. The van der Waals surface area contributed by atoms with Crippen molar-refractivity contribution in [2.75, 3.05) is 20.8 Å². The summed E-state index contributed by atoms with van der Waals surface area (Å²) in [6, 6.07) is 8.92. The number of aromatic hydroxyl groups is 1. The number of methoxy groups -OCH3 is 2. The van der Waals surface area contributed by atoms with Gasteiger partial charge < -0.3 is 14.6 Å². The van der Waals surface area contributed by atoms with Crippen LogP contribution < -0.4 is 9.47 Å². The summed E-state index contributed by atoms with van der Waals surface area (Å²) in [6.45, 7) is 4.22. The Kier molecular flexibility index (Phi) is 4.13. The molecule has 0 bridgehead atoms. The Bertz CT molecular complexity index is 1000. The summed E-state index contributed by atoms with van der Waals surface area (Å²) in [5, 5.41) is 15.2. The predicted octanol–water partition coefficient (Wildman–Crippen LogP) is 4.93. The largest absolute Gasteiger partial charge is 0.504 e. The van der Waals surface area contributed by atoms with Gasteiger partial charge in [0.15, 0.2) is 11.5 Å². The van der Waals surface area contributed by atoms with E-state index in [-0.39, 0.29) is 5.75 Å². The van der Waals surface area contributed by atoms with Gasteiger partial charge in [-0.3, -0.25) is 4.90 Å². The number of aryl methyl sites for hydroxylation is 1. The van der Waals surface area contributed by atoms with Crippen LogP contribution >= 0.6 is 0 Å². The summed E-state index contributed by atoms with van der Waals surface area (Å²) in [7, 11) is 3.35. The van der Waals surface area contributed by atoms with E-state index in [2.05, 4.69) is 24.0 Å².